The number of thiophene rings is 1. The highest BCUT2D eigenvalue weighted by molar-refractivity contribution is 8.26. The van der Waals surface area contributed by atoms with Gasteiger partial charge in [0.2, 0.25) is 0 Å². The Balaban J connectivity index is 1.84. The number of hydrogen-bond acceptors (Lipinski definition) is 8. The third-order valence-electron chi connectivity index (χ3n) is 3.70. The van der Waals surface area contributed by atoms with Gasteiger partial charge in [-0.25, -0.2) is 0 Å². The summed E-state index contributed by atoms with van der Waals surface area (Å²) >= 11 is 7.29. The van der Waals surface area contributed by atoms with E-state index >= 15 is 0 Å². The van der Waals surface area contributed by atoms with Crippen LogP contribution in [0.15, 0.2) is 33.1 Å². The summed E-state index contributed by atoms with van der Waals surface area (Å²) in [4.78, 5) is 35.6. The van der Waals surface area contributed by atoms with Crippen molar-refractivity contribution in [3.05, 3.63) is 44.6 Å². The molecule has 1 amide bonds. The fourth-order valence-electron chi connectivity index (χ4n) is 2.50. The summed E-state index contributed by atoms with van der Waals surface area (Å²) in [5.74, 6) is -0.950. The molecular formula is C16H12N2O6S3. The van der Waals surface area contributed by atoms with Gasteiger partial charge in [-0.3, -0.25) is 24.6 Å². The number of thioether (sulfide) groups is 1. The Morgan fingerprint density at radius 3 is 2.89 bits per heavy atom. The zero-order valence-corrected chi connectivity index (χ0v) is 16.1. The molecule has 2 aromatic heterocycles. The topological polar surface area (TPSA) is 114 Å². The van der Waals surface area contributed by atoms with Crippen LogP contribution in [0.4, 0.5) is 5.00 Å². The molecule has 1 fully saturated rings. The van der Waals surface area contributed by atoms with E-state index in [4.69, 9.17) is 21.7 Å². The smallest absolute Gasteiger partial charge is 0.331 e. The van der Waals surface area contributed by atoms with Crippen molar-refractivity contribution in [1.29, 1.82) is 0 Å². The molecule has 1 N–H and O–H groups in total. The number of rotatable bonds is 7. The average Bonchev–Trinajstić information content (AvgIpc) is 3.30. The summed E-state index contributed by atoms with van der Waals surface area (Å²) in [6, 6.07) is 3.23. The first-order valence-corrected chi connectivity index (χ1v) is 9.76. The Labute approximate surface area is 166 Å². The van der Waals surface area contributed by atoms with Gasteiger partial charge in [-0.05, 0) is 23.9 Å². The van der Waals surface area contributed by atoms with Crippen LogP contribution in [-0.2, 0) is 9.59 Å². The van der Waals surface area contributed by atoms with Crippen molar-refractivity contribution in [2.45, 2.75) is 12.8 Å². The second-order valence-electron chi connectivity index (χ2n) is 5.43. The predicted molar refractivity (Wildman–Crippen MR) is 105 cm³/mol. The molecule has 8 nitrogen and oxygen atoms in total. The summed E-state index contributed by atoms with van der Waals surface area (Å²) in [7, 11) is 0. The Bertz CT molecular complexity index is 961. The molecule has 1 aliphatic rings. The third-order valence-corrected chi connectivity index (χ3v) is 5.95. The van der Waals surface area contributed by atoms with Crippen LogP contribution in [-0.4, -0.2) is 37.7 Å². The summed E-state index contributed by atoms with van der Waals surface area (Å²) in [5, 5.41) is 21.5. The number of aliphatic carboxylic acids is 1. The molecule has 27 heavy (non-hydrogen) atoms. The van der Waals surface area contributed by atoms with Gasteiger partial charge in [0.25, 0.3) is 5.91 Å². The second-order valence-corrected chi connectivity index (χ2v) is 8.00. The minimum Gasteiger partial charge on any atom is -0.481 e. The molecule has 3 heterocycles. The van der Waals surface area contributed by atoms with Gasteiger partial charge in [0.1, 0.15) is 10.1 Å². The number of carbonyl (C=O) groups is 2. The Kier molecular flexibility index (Phi) is 5.73. The summed E-state index contributed by atoms with van der Waals surface area (Å²) in [6.07, 6.45) is 3.14. The molecule has 1 saturated heterocycles. The number of furan rings is 1. The maximum atomic E-state index is 12.5. The highest BCUT2D eigenvalue weighted by Gasteiger charge is 2.32. The predicted octanol–water partition coefficient (Wildman–Crippen LogP) is 3.98. The molecular weight excluding hydrogens is 412 g/mol. The lowest BCUT2D eigenvalue weighted by molar-refractivity contribution is -0.379. The molecule has 0 unspecified atom stereocenters. The van der Waals surface area contributed by atoms with Gasteiger partial charge in [-0.15, -0.1) is 0 Å². The van der Waals surface area contributed by atoms with E-state index in [-0.39, 0.29) is 23.9 Å². The number of thiocarbonyl (C=S) groups is 1. The van der Waals surface area contributed by atoms with Crippen LogP contribution in [0.5, 0.6) is 0 Å². The van der Waals surface area contributed by atoms with E-state index in [2.05, 4.69) is 0 Å². The van der Waals surface area contributed by atoms with Crippen molar-refractivity contribution in [2.24, 2.45) is 0 Å². The summed E-state index contributed by atoms with van der Waals surface area (Å²) in [5.41, 5.74) is 0.932. The lowest BCUT2D eigenvalue weighted by Gasteiger charge is -2.13. The van der Waals surface area contributed by atoms with Gasteiger partial charge in [-0.2, -0.15) is 0 Å². The Morgan fingerprint density at radius 2 is 2.19 bits per heavy atom. The second kappa shape index (κ2) is 8.03. The lowest BCUT2D eigenvalue weighted by atomic mass is 10.1. The number of carbonyl (C=O) groups excluding carboxylic acids is 1. The molecule has 0 radical (unpaired) electrons. The van der Waals surface area contributed by atoms with Crippen LogP contribution in [0.2, 0.25) is 0 Å². The Morgan fingerprint density at radius 1 is 1.41 bits per heavy atom. The average molecular weight is 424 g/mol. The maximum Gasteiger partial charge on any atom is 0.331 e. The first kappa shape index (κ1) is 19.3. The van der Waals surface area contributed by atoms with Crippen LogP contribution >= 0.6 is 35.3 Å². The van der Waals surface area contributed by atoms with Gasteiger partial charge in [0, 0.05) is 24.6 Å². The normalized spacial score (nSPS) is 15.7. The van der Waals surface area contributed by atoms with Crippen LogP contribution in [0, 0.1) is 10.1 Å². The van der Waals surface area contributed by atoms with Gasteiger partial charge >= 0.3 is 11.0 Å². The van der Waals surface area contributed by atoms with E-state index < -0.39 is 10.9 Å². The summed E-state index contributed by atoms with van der Waals surface area (Å²) in [6.45, 7) is 0.218. The molecule has 0 bridgehead atoms. The molecule has 0 saturated carbocycles. The quantitative estimate of drug-likeness (QED) is 0.307. The van der Waals surface area contributed by atoms with Crippen molar-refractivity contribution in [2.75, 3.05) is 6.54 Å². The van der Waals surface area contributed by atoms with Crippen LogP contribution in [0.25, 0.3) is 17.2 Å². The van der Waals surface area contributed by atoms with E-state index in [1.807, 2.05) is 0 Å². The molecule has 2 aromatic rings. The monoisotopic (exact) mass is 424 g/mol. The number of nitro groups is 1. The maximum absolute atomic E-state index is 12.5. The lowest BCUT2D eigenvalue weighted by Crippen LogP contribution is -2.29. The molecule has 1 aliphatic heterocycles. The number of hydrogen-bond donors (Lipinski definition) is 1. The van der Waals surface area contributed by atoms with E-state index in [0.717, 1.165) is 23.1 Å². The van der Waals surface area contributed by atoms with Crippen LogP contribution in [0.1, 0.15) is 18.6 Å². The summed E-state index contributed by atoms with van der Waals surface area (Å²) < 4.78 is 5.76. The highest BCUT2D eigenvalue weighted by atomic mass is 32.2. The number of carboxylic acids is 1. The van der Waals surface area contributed by atoms with E-state index in [9.17, 15) is 19.7 Å². The van der Waals surface area contributed by atoms with Crippen molar-refractivity contribution in [3.63, 3.8) is 0 Å². The number of carboxylic acid groups (broad SMARTS) is 1. The molecule has 0 atom stereocenters. The fraction of sp³-hybridized carbons (Fsp3) is 0.188. The molecule has 140 valence electrons. The standard InChI is InChI=1S/C16H12N2O6S3/c19-13(20)2-1-5-17-14(21)12(27-16(17)25)8-11-9(3-6-24-11)10-4-7-26-15(10)18(22)23/h3-4,6-8H,1-2,5H2,(H,19,20)/b12-8+. The molecule has 0 spiro atoms. The van der Waals surface area contributed by atoms with Gasteiger partial charge in [0.15, 0.2) is 0 Å². The van der Waals surface area contributed by atoms with Gasteiger partial charge < -0.3 is 9.52 Å². The van der Waals surface area contributed by atoms with Crippen molar-refractivity contribution >= 4 is 62.6 Å². The molecule has 11 heteroatoms. The number of nitrogens with zero attached hydrogens (tertiary/aromatic N) is 2. The molecule has 3 rings (SSSR count). The third kappa shape index (κ3) is 4.10. The fourth-order valence-corrected chi connectivity index (χ4v) is 4.51. The van der Waals surface area contributed by atoms with E-state index in [0.29, 0.717) is 32.5 Å². The SMILES string of the molecule is O=C(O)CCCN1C(=O)/C(=C\c2occc2-c2ccsc2[N+](=O)[O-])SC1=S. The minimum absolute atomic E-state index is 0.00716. The van der Waals surface area contributed by atoms with E-state index in [1.54, 1.807) is 17.5 Å². The molecule has 0 aliphatic carbocycles. The van der Waals surface area contributed by atoms with Crippen LogP contribution in [0.3, 0.4) is 0 Å². The Hall–Kier alpha value is -2.50. The van der Waals surface area contributed by atoms with Crippen molar-refractivity contribution < 1.29 is 24.0 Å². The minimum atomic E-state index is -0.937. The molecule has 0 aromatic carbocycles. The zero-order chi connectivity index (χ0) is 19.6. The largest absolute Gasteiger partial charge is 0.481 e. The zero-order valence-electron chi connectivity index (χ0n) is 13.6. The van der Waals surface area contributed by atoms with Crippen LogP contribution < -0.4 is 0 Å². The van der Waals surface area contributed by atoms with Gasteiger partial charge in [-0.1, -0.05) is 35.3 Å². The number of amides is 1. The van der Waals surface area contributed by atoms with Gasteiger partial charge in [0.05, 0.1) is 21.7 Å². The highest BCUT2D eigenvalue weighted by Crippen LogP contribution is 2.39. The van der Waals surface area contributed by atoms with Crippen molar-refractivity contribution in [3.8, 4) is 11.1 Å². The first-order valence-electron chi connectivity index (χ1n) is 7.65. The van der Waals surface area contributed by atoms with Crippen molar-refractivity contribution in [1.82, 2.24) is 4.90 Å². The van der Waals surface area contributed by atoms with E-state index in [1.165, 1.54) is 17.2 Å². The first-order chi connectivity index (χ1) is 12.9.